The summed E-state index contributed by atoms with van der Waals surface area (Å²) in [5.41, 5.74) is 1.59. The van der Waals surface area contributed by atoms with Crippen LogP contribution in [0.1, 0.15) is 11.1 Å². The largest absolute Gasteiger partial charge is 0.497 e. The fraction of sp³-hybridized carbons (Fsp3) is 0.200. The van der Waals surface area contributed by atoms with E-state index >= 15 is 0 Å². The summed E-state index contributed by atoms with van der Waals surface area (Å²) in [5, 5.41) is 12.4. The van der Waals surface area contributed by atoms with Gasteiger partial charge in [-0.05, 0) is 45.7 Å². The number of nitrogens with zero attached hydrogens (tertiary/aromatic N) is 2. The third-order valence-electron chi connectivity index (χ3n) is 4.05. The van der Waals surface area contributed by atoms with E-state index in [-0.39, 0.29) is 36.3 Å². The van der Waals surface area contributed by atoms with E-state index in [9.17, 15) is 9.59 Å². The number of amides is 2. The van der Waals surface area contributed by atoms with Crippen molar-refractivity contribution in [3.05, 3.63) is 59.7 Å². The molecule has 3 rings (SSSR count). The number of methoxy groups -OCH3 is 2. The average Bonchev–Trinajstić information content (AvgIpc) is 3.15. The van der Waals surface area contributed by atoms with Gasteiger partial charge in [-0.25, -0.2) is 4.63 Å². The molecule has 0 spiro atoms. The van der Waals surface area contributed by atoms with Gasteiger partial charge in [-0.1, -0.05) is 24.3 Å². The van der Waals surface area contributed by atoms with E-state index in [1.807, 2.05) is 0 Å². The van der Waals surface area contributed by atoms with E-state index in [1.54, 1.807) is 62.8 Å². The SMILES string of the molecule is COc1ccc(CC(=O)Nc2nonc2NC(=O)Cc2ccc(OC)cc2)cc1. The van der Waals surface area contributed by atoms with Crippen LogP contribution in [0.2, 0.25) is 0 Å². The van der Waals surface area contributed by atoms with Crippen molar-refractivity contribution in [3.63, 3.8) is 0 Å². The molecule has 0 radical (unpaired) electrons. The molecule has 29 heavy (non-hydrogen) atoms. The summed E-state index contributed by atoms with van der Waals surface area (Å²) in [7, 11) is 3.15. The quantitative estimate of drug-likeness (QED) is 0.601. The number of benzene rings is 2. The fourth-order valence-electron chi connectivity index (χ4n) is 2.56. The Morgan fingerprint density at radius 2 is 1.14 bits per heavy atom. The van der Waals surface area contributed by atoms with E-state index in [0.717, 1.165) is 11.1 Å². The van der Waals surface area contributed by atoms with E-state index in [1.165, 1.54) is 0 Å². The second-order valence-corrected chi connectivity index (χ2v) is 6.11. The number of carbonyl (C=O) groups is 2. The van der Waals surface area contributed by atoms with Crippen molar-refractivity contribution in [3.8, 4) is 11.5 Å². The normalized spacial score (nSPS) is 10.3. The zero-order valence-corrected chi connectivity index (χ0v) is 16.0. The summed E-state index contributed by atoms with van der Waals surface area (Å²) in [6.07, 6.45) is 0.242. The van der Waals surface area contributed by atoms with E-state index < -0.39 is 0 Å². The van der Waals surface area contributed by atoms with Crippen molar-refractivity contribution >= 4 is 23.5 Å². The van der Waals surface area contributed by atoms with Crippen LogP contribution in [0.4, 0.5) is 11.6 Å². The highest BCUT2D eigenvalue weighted by Gasteiger charge is 2.16. The van der Waals surface area contributed by atoms with Crippen molar-refractivity contribution in [1.82, 2.24) is 10.3 Å². The zero-order valence-electron chi connectivity index (χ0n) is 16.0. The van der Waals surface area contributed by atoms with E-state index in [0.29, 0.717) is 11.5 Å². The van der Waals surface area contributed by atoms with Crippen LogP contribution in [-0.2, 0) is 22.4 Å². The molecule has 1 aromatic heterocycles. The minimum absolute atomic E-state index is 0.0478. The van der Waals surface area contributed by atoms with E-state index in [2.05, 4.69) is 25.6 Å². The zero-order chi connectivity index (χ0) is 20.6. The minimum Gasteiger partial charge on any atom is -0.497 e. The molecule has 0 aliphatic rings. The van der Waals surface area contributed by atoms with Gasteiger partial charge in [0, 0.05) is 0 Å². The van der Waals surface area contributed by atoms with Crippen LogP contribution in [0.25, 0.3) is 0 Å². The highest BCUT2D eigenvalue weighted by atomic mass is 16.6. The van der Waals surface area contributed by atoms with Gasteiger partial charge >= 0.3 is 0 Å². The molecule has 0 atom stereocenters. The lowest BCUT2D eigenvalue weighted by molar-refractivity contribution is -0.116. The fourth-order valence-corrected chi connectivity index (χ4v) is 2.56. The Balaban J connectivity index is 1.56. The molecule has 2 amide bonds. The van der Waals surface area contributed by atoms with Gasteiger partial charge < -0.3 is 20.1 Å². The number of hydrogen-bond donors (Lipinski definition) is 2. The van der Waals surface area contributed by atoms with Gasteiger partial charge in [0.1, 0.15) is 11.5 Å². The molecular formula is C20H20N4O5. The minimum atomic E-state index is -0.323. The van der Waals surface area contributed by atoms with Gasteiger partial charge in [-0.3, -0.25) is 9.59 Å². The van der Waals surface area contributed by atoms with E-state index in [4.69, 9.17) is 9.47 Å². The molecule has 0 saturated heterocycles. The number of nitrogens with one attached hydrogen (secondary N) is 2. The van der Waals surface area contributed by atoms with Crippen molar-refractivity contribution in [2.24, 2.45) is 0 Å². The third kappa shape index (κ3) is 5.55. The topological polar surface area (TPSA) is 116 Å². The third-order valence-corrected chi connectivity index (χ3v) is 4.05. The molecule has 0 fully saturated rings. The second-order valence-electron chi connectivity index (χ2n) is 6.11. The lowest BCUT2D eigenvalue weighted by atomic mass is 10.1. The molecule has 0 aliphatic heterocycles. The summed E-state index contributed by atoms with van der Waals surface area (Å²) in [6, 6.07) is 14.2. The lowest BCUT2D eigenvalue weighted by Gasteiger charge is -2.06. The summed E-state index contributed by atoms with van der Waals surface area (Å²) in [4.78, 5) is 24.5. The molecule has 0 saturated carbocycles. The molecule has 2 aromatic carbocycles. The van der Waals surface area contributed by atoms with Gasteiger partial charge in [-0.15, -0.1) is 0 Å². The van der Waals surface area contributed by atoms with Gasteiger partial charge in [0.25, 0.3) is 0 Å². The van der Waals surface area contributed by atoms with Crippen LogP contribution < -0.4 is 20.1 Å². The van der Waals surface area contributed by atoms with Crippen LogP contribution in [0, 0.1) is 0 Å². The van der Waals surface area contributed by atoms with Crippen LogP contribution >= 0.6 is 0 Å². The van der Waals surface area contributed by atoms with Crippen molar-refractivity contribution in [1.29, 1.82) is 0 Å². The molecule has 1 heterocycles. The van der Waals surface area contributed by atoms with Crippen LogP contribution in [0.3, 0.4) is 0 Å². The first-order valence-electron chi connectivity index (χ1n) is 8.75. The number of carbonyl (C=O) groups excluding carboxylic acids is 2. The van der Waals surface area contributed by atoms with Crippen molar-refractivity contribution in [2.45, 2.75) is 12.8 Å². The Morgan fingerprint density at radius 3 is 1.48 bits per heavy atom. The maximum atomic E-state index is 12.2. The summed E-state index contributed by atoms with van der Waals surface area (Å²) >= 11 is 0. The number of rotatable bonds is 8. The molecule has 3 aromatic rings. The number of aromatic nitrogens is 2. The molecule has 2 N–H and O–H groups in total. The first-order valence-corrected chi connectivity index (χ1v) is 8.75. The second kappa shape index (κ2) is 9.36. The van der Waals surface area contributed by atoms with Gasteiger partial charge in [0.05, 0.1) is 27.1 Å². The summed E-state index contributed by atoms with van der Waals surface area (Å²) in [6.45, 7) is 0. The highest BCUT2D eigenvalue weighted by molar-refractivity contribution is 5.98. The smallest absolute Gasteiger partial charge is 0.230 e. The first-order chi connectivity index (χ1) is 14.1. The molecule has 0 aliphatic carbocycles. The van der Waals surface area contributed by atoms with Gasteiger partial charge in [0.15, 0.2) is 0 Å². The Kier molecular flexibility index (Phi) is 6.41. The molecule has 0 bridgehead atoms. The van der Waals surface area contributed by atoms with Crippen LogP contribution in [-0.4, -0.2) is 36.3 Å². The first kappa shape index (κ1) is 19.9. The molecule has 9 heteroatoms. The Bertz CT molecular complexity index is 889. The molecular weight excluding hydrogens is 376 g/mol. The lowest BCUT2D eigenvalue weighted by Crippen LogP contribution is -2.19. The maximum Gasteiger partial charge on any atom is 0.230 e. The van der Waals surface area contributed by atoms with Crippen molar-refractivity contribution < 1.29 is 23.7 Å². The Morgan fingerprint density at radius 1 is 0.759 bits per heavy atom. The maximum absolute atomic E-state index is 12.2. The van der Waals surface area contributed by atoms with Gasteiger partial charge in [-0.2, -0.15) is 0 Å². The Labute approximate surface area is 167 Å². The predicted octanol–water partition coefficient (Wildman–Crippen LogP) is 2.45. The predicted molar refractivity (Wildman–Crippen MR) is 105 cm³/mol. The van der Waals surface area contributed by atoms with Gasteiger partial charge in [0.2, 0.25) is 23.5 Å². The summed E-state index contributed by atoms with van der Waals surface area (Å²) < 4.78 is 14.8. The van der Waals surface area contributed by atoms with Crippen LogP contribution in [0.15, 0.2) is 53.2 Å². The number of ether oxygens (including phenoxy) is 2. The highest BCUT2D eigenvalue weighted by Crippen LogP contribution is 2.18. The average molecular weight is 396 g/mol. The molecule has 9 nitrogen and oxygen atoms in total. The van der Waals surface area contributed by atoms with Crippen LogP contribution in [0.5, 0.6) is 11.5 Å². The van der Waals surface area contributed by atoms with Crippen molar-refractivity contribution in [2.75, 3.05) is 24.9 Å². The summed E-state index contributed by atoms with van der Waals surface area (Å²) in [5.74, 6) is 0.861. The number of anilines is 2. The molecule has 0 unspecified atom stereocenters. The molecule has 150 valence electrons. The number of hydrogen-bond acceptors (Lipinski definition) is 7. The Hall–Kier alpha value is -3.88. The monoisotopic (exact) mass is 396 g/mol. The standard InChI is InChI=1S/C20H20N4O5/c1-27-15-7-3-13(4-8-15)11-17(25)21-19-20(24-29-23-19)22-18(26)12-14-5-9-16(28-2)10-6-14/h3-10H,11-12H2,1-2H3,(H,21,23,25)(H,22,24,26).